The second kappa shape index (κ2) is 24.8. The van der Waals surface area contributed by atoms with Crippen molar-refractivity contribution in [3.63, 3.8) is 0 Å². The molecule has 4 aliphatic rings. The van der Waals surface area contributed by atoms with Gasteiger partial charge >= 0.3 is 33.0 Å². The summed E-state index contributed by atoms with van der Waals surface area (Å²) in [5.41, 5.74) is 0. The Bertz CT molecular complexity index is 516. The quantitative estimate of drug-likeness (QED) is 0.124. The summed E-state index contributed by atoms with van der Waals surface area (Å²) in [6, 6.07) is 0. The third kappa shape index (κ3) is 15.6. The summed E-state index contributed by atoms with van der Waals surface area (Å²) < 4.78 is 0. The van der Waals surface area contributed by atoms with Crippen LogP contribution >= 0.6 is 38.9 Å². The first kappa shape index (κ1) is 36.6. The van der Waals surface area contributed by atoms with E-state index in [0.29, 0.717) is 12.7 Å². The van der Waals surface area contributed by atoms with Gasteiger partial charge < -0.3 is 0 Å². The number of hydrogen-bond acceptors (Lipinski definition) is 0. The molecule has 0 bridgehead atoms. The van der Waals surface area contributed by atoms with E-state index in [0.717, 1.165) is 47.8 Å². The Balaban J connectivity index is 0.000000249. The Morgan fingerprint density at radius 1 is 0.462 bits per heavy atom. The van der Waals surface area contributed by atoms with Gasteiger partial charge in [-0.05, 0) is 60.7 Å². The van der Waals surface area contributed by atoms with E-state index >= 15 is 0 Å². The second-order valence-electron chi connectivity index (χ2n) is 12.9. The Labute approximate surface area is 263 Å². The van der Waals surface area contributed by atoms with Crippen LogP contribution in [-0.4, -0.2) is 12.3 Å². The van der Waals surface area contributed by atoms with Gasteiger partial charge in [0.25, 0.3) is 0 Å². The predicted molar refractivity (Wildman–Crippen MR) is 182 cm³/mol. The maximum absolute atomic E-state index is 4.70. The van der Waals surface area contributed by atoms with Crippen molar-refractivity contribution in [3.8, 4) is 0 Å². The van der Waals surface area contributed by atoms with Crippen LogP contribution < -0.4 is 0 Å². The minimum atomic E-state index is 0.569. The summed E-state index contributed by atoms with van der Waals surface area (Å²) in [6.45, 7) is 0. The van der Waals surface area contributed by atoms with Crippen LogP contribution in [0.2, 0.25) is 0 Å². The molecule has 4 aliphatic carbocycles. The first-order valence-electron chi connectivity index (χ1n) is 16.8. The molecule has 0 amide bonds. The third-order valence-electron chi connectivity index (χ3n) is 10.4. The molecule has 39 heavy (non-hydrogen) atoms. The third-order valence-corrected chi connectivity index (χ3v) is 11.0. The molecule has 0 N–H and O–H groups in total. The van der Waals surface area contributed by atoms with Crippen molar-refractivity contribution < 1.29 is 12.7 Å². The van der Waals surface area contributed by atoms with Crippen molar-refractivity contribution in [1.29, 1.82) is 0 Å². The van der Waals surface area contributed by atoms with E-state index < -0.39 is 0 Å². The number of rotatable bonds is 10. The fourth-order valence-corrected chi connectivity index (χ4v) is 8.87. The van der Waals surface area contributed by atoms with Crippen LogP contribution in [0.1, 0.15) is 141 Å². The van der Waals surface area contributed by atoms with Crippen LogP contribution in [-0.2, 0) is 12.7 Å². The van der Waals surface area contributed by atoms with Gasteiger partial charge in [-0.3, -0.25) is 0 Å². The van der Waals surface area contributed by atoms with Gasteiger partial charge in [0.05, 0.1) is 0 Å². The molecule has 4 fully saturated rings. The molecule has 4 rings (SSSR count). The first-order chi connectivity index (χ1) is 19.2. The van der Waals surface area contributed by atoms with Crippen molar-refractivity contribution in [2.45, 2.75) is 141 Å². The predicted octanol–water partition coefficient (Wildman–Crippen LogP) is 12.5. The van der Waals surface area contributed by atoms with E-state index in [1.807, 2.05) is 0 Å². The SMILES string of the molecule is PCC=CCC(C1CCCCC1)C1CCCCC1.PCC=CCC(C1CCCCC1)C1CCCCC1.[Cl][Ni][Cl]. The van der Waals surface area contributed by atoms with E-state index in [-0.39, 0.29) is 0 Å². The topological polar surface area (TPSA) is 0 Å². The van der Waals surface area contributed by atoms with Crippen LogP contribution in [0, 0.1) is 35.5 Å². The number of halogens is 2. The van der Waals surface area contributed by atoms with Gasteiger partial charge in [-0.1, -0.05) is 153 Å². The molecule has 0 radical (unpaired) electrons. The average Bonchev–Trinajstić information content (AvgIpc) is 3.00. The van der Waals surface area contributed by atoms with Crippen LogP contribution in [0.4, 0.5) is 0 Å². The van der Waals surface area contributed by atoms with Gasteiger partial charge in [0.1, 0.15) is 0 Å². The molecule has 0 aromatic carbocycles. The summed E-state index contributed by atoms with van der Waals surface area (Å²) in [5.74, 6) is 6.23. The minimum absolute atomic E-state index is 0.569. The molecule has 2 atom stereocenters. The van der Waals surface area contributed by atoms with E-state index in [4.69, 9.17) is 20.4 Å². The zero-order valence-corrected chi connectivity index (χ0v) is 29.8. The zero-order chi connectivity index (χ0) is 28.0. The summed E-state index contributed by atoms with van der Waals surface area (Å²) >= 11 is 0.569. The fourth-order valence-electron chi connectivity index (χ4n) is 8.49. The van der Waals surface area contributed by atoms with Crippen molar-refractivity contribution in [2.24, 2.45) is 35.5 Å². The van der Waals surface area contributed by atoms with Crippen molar-refractivity contribution in [2.75, 3.05) is 12.3 Å². The van der Waals surface area contributed by atoms with Gasteiger partial charge in [-0.2, -0.15) is 0 Å². The van der Waals surface area contributed by atoms with E-state index in [1.165, 1.54) is 141 Å². The monoisotopic (exact) mass is 660 g/mol. The molecule has 232 valence electrons. The molecular formula is C34H62Cl2NiP2. The number of hydrogen-bond donors (Lipinski definition) is 0. The molecule has 0 saturated heterocycles. The Kier molecular flexibility index (Phi) is 23.3. The molecule has 0 nitrogen and oxygen atoms in total. The zero-order valence-electron chi connectivity index (χ0n) is 25.0. The van der Waals surface area contributed by atoms with Crippen LogP contribution in [0.15, 0.2) is 24.3 Å². The van der Waals surface area contributed by atoms with Gasteiger partial charge in [0.15, 0.2) is 0 Å². The summed E-state index contributed by atoms with van der Waals surface area (Å²) in [6.07, 6.45) is 44.8. The van der Waals surface area contributed by atoms with E-state index in [9.17, 15) is 0 Å². The number of allylic oxidation sites excluding steroid dienone is 4. The normalized spacial score (nSPS) is 22.8. The van der Waals surface area contributed by atoms with Crippen molar-refractivity contribution >= 4 is 38.9 Å². The van der Waals surface area contributed by atoms with Crippen LogP contribution in [0.5, 0.6) is 0 Å². The van der Waals surface area contributed by atoms with Gasteiger partial charge in [0.2, 0.25) is 0 Å². The summed E-state index contributed by atoms with van der Waals surface area (Å²) in [4.78, 5) is 0. The van der Waals surface area contributed by atoms with Crippen LogP contribution in [0.3, 0.4) is 0 Å². The standard InChI is InChI=1S/2C17H31P.2ClH.Ni/c2*18-14-8-7-13-17(15-9-3-1-4-10-15)16-11-5-2-6-12-16;;;/h2*7-8,15-17H,1-6,9-14,18H2;2*1H;/q;;;;+2/p-2. The molecule has 0 aromatic heterocycles. The van der Waals surface area contributed by atoms with Gasteiger partial charge in [-0.25, -0.2) is 0 Å². The summed E-state index contributed by atoms with van der Waals surface area (Å²) in [7, 11) is 15.0. The molecular weight excluding hydrogens is 600 g/mol. The molecule has 0 spiro atoms. The Morgan fingerprint density at radius 2 is 0.692 bits per heavy atom. The maximum atomic E-state index is 4.70. The van der Waals surface area contributed by atoms with Crippen molar-refractivity contribution in [1.82, 2.24) is 0 Å². The second-order valence-corrected chi connectivity index (χ2v) is 15.4. The molecule has 2 unspecified atom stereocenters. The summed E-state index contributed by atoms with van der Waals surface area (Å²) in [5, 5.41) is 0. The van der Waals surface area contributed by atoms with Crippen molar-refractivity contribution in [3.05, 3.63) is 24.3 Å². The average molecular weight is 662 g/mol. The molecule has 5 heteroatoms. The molecule has 0 heterocycles. The Hall–Kier alpha value is 1.41. The van der Waals surface area contributed by atoms with Crippen LogP contribution in [0.25, 0.3) is 0 Å². The van der Waals surface area contributed by atoms with E-state index in [2.05, 4.69) is 42.8 Å². The van der Waals surface area contributed by atoms with Gasteiger partial charge in [-0.15, -0.1) is 18.5 Å². The Morgan fingerprint density at radius 3 is 0.897 bits per heavy atom. The molecule has 4 saturated carbocycles. The molecule has 0 aromatic rings. The fraction of sp³-hybridized carbons (Fsp3) is 0.882. The van der Waals surface area contributed by atoms with E-state index in [1.54, 1.807) is 0 Å². The van der Waals surface area contributed by atoms with Gasteiger partial charge in [0, 0.05) is 0 Å². The first-order valence-corrected chi connectivity index (χ1v) is 21.1. The molecule has 0 aliphatic heterocycles.